The molecule has 0 bridgehead atoms. The highest BCUT2D eigenvalue weighted by atomic mass is 19.1. The molecule has 3 saturated heterocycles. The van der Waals surface area contributed by atoms with E-state index in [0.29, 0.717) is 19.0 Å². The summed E-state index contributed by atoms with van der Waals surface area (Å²) in [6.45, 7) is 5.89. The maximum atomic E-state index is 13.1. The predicted molar refractivity (Wildman–Crippen MR) is 96.3 cm³/mol. The highest BCUT2D eigenvalue weighted by Crippen LogP contribution is 2.24. The van der Waals surface area contributed by atoms with Gasteiger partial charge in [-0.15, -0.1) is 0 Å². The van der Waals surface area contributed by atoms with Gasteiger partial charge in [-0.1, -0.05) is 0 Å². The first kappa shape index (κ1) is 17.3. The zero-order chi connectivity index (χ0) is 18.1. The minimum absolute atomic E-state index is 0.0106. The number of nitrogens with zero attached hydrogens (tertiary/aromatic N) is 3. The number of halogens is 1. The third-order valence-electron chi connectivity index (χ3n) is 5.79. The summed E-state index contributed by atoms with van der Waals surface area (Å²) in [4.78, 5) is 30.6. The molecule has 4 rings (SSSR count). The van der Waals surface area contributed by atoms with Crippen LogP contribution in [0.4, 0.5) is 10.1 Å². The lowest BCUT2D eigenvalue weighted by atomic mass is 9.93. The van der Waals surface area contributed by atoms with Crippen molar-refractivity contribution in [3.8, 4) is 0 Å². The molecule has 3 fully saturated rings. The molecule has 140 valence electrons. The van der Waals surface area contributed by atoms with Crippen LogP contribution < -0.4 is 10.2 Å². The molecule has 1 atom stereocenters. The van der Waals surface area contributed by atoms with Crippen molar-refractivity contribution < 1.29 is 14.0 Å². The molecule has 3 aliphatic heterocycles. The summed E-state index contributed by atoms with van der Waals surface area (Å²) < 4.78 is 13.1. The molecular formula is C19H25FN4O2. The zero-order valence-corrected chi connectivity index (χ0v) is 14.9. The Labute approximate surface area is 152 Å². The number of piperidine rings is 1. The predicted octanol–water partition coefficient (Wildman–Crippen LogP) is 0.685. The van der Waals surface area contributed by atoms with Gasteiger partial charge in [-0.3, -0.25) is 14.5 Å². The first-order valence-corrected chi connectivity index (χ1v) is 9.40. The summed E-state index contributed by atoms with van der Waals surface area (Å²) in [5.41, 5.74) is 1.06. The molecule has 7 heteroatoms. The van der Waals surface area contributed by atoms with E-state index in [1.807, 2.05) is 17.0 Å². The largest absolute Gasteiger partial charge is 0.369 e. The Bertz CT molecular complexity index is 667. The number of likely N-dealkylation sites (tertiary alicyclic amines) is 1. The molecule has 2 amide bonds. The number of anilines is 1. The fourth-order valence-corrected chi connectivity index (χ4v) is 4.12. The van der Waals surface area contributed by atoms with Crippen LogP contribution in [0.5, 0.6) is 0 Å². The quantitative estimate of drug-likeness (QED) is 0.862. The van der Waals surface area contributed by atoms with E-state index in [4.69, 9.17) is 0 Å². The maximum absolute atomic E-state index is 13.1. The second kappa shape index (κ2) is 7.23. The minimum atomic E-state index is -0.206. The Morgan fingerprint density at radius 2 is 1.77 bits per heavy atom. The molecule has 0 radical (unpaired) electrons. The Morgan fingerprint density at radius 1 is 1.08 bits per heavy atom. The van der Waals surface area contributed by atoms with Crippen molar-refractivity contribution in [2.24, 2.45) is 5.92 Å². The number of hydrogen-bond donors (Lipinski definition) is 1. The fraction of sp³-hybridized carbons (Fsp3) is 0.579. The summed E-state index contributed by atoms with van der Waals surface area (Å²) in [5.74, 6) is -0.216. The van der Waals surface area contributed by atoms with Crippen LogP contribution in [-0.4, -0.2) is 73.5 Å². The van der Waals surface area contributed by atoms with E-state index < -0.39 is 0 Å². The van der Waals surface area contributed by atoms with Crippen LogP contribution in [0, 0.1) is 11.7 Å². The van der Waals surface area contributed by atoms with Gasteiger partial charge in [-0.25, -0.2) is 4.39 Å². The molecule has 0 spiro atoms. The van der Waals surface area contributed by atoms with E-state index in [9.17, 15) is 14.0 Å². The molecule has 3 aliphatic rings. The third-order valence-corrected chi connectivity index (χ3v) is 5.79. The van der Waals surface area contributed by atoms with Crippen molar-refractivity contribution in [3.63, 3.8) is 0 Å². The van der Waals surface area contributed by atoms with Gasteiger partial charge in [0.2, 0.25) is 11.8 Å². The highest BCUT2D eigenvalue weighted by molar-refractivity contribution is 5.87. The van der Waals surface area contributed by atoms with Crippen LogP contribution in [0.25, 0.3) is 0 Å². The van der Waals surface area contributed by atoms with Gasteiger partial charge in [0.05, 0.1) is 0 Å². The van der Waals surface area contributed by atoms with Gasteiger partial charge in [-0.05, 0) is 30.7 Å². The molecule has 26 heavy (non-hydrogen) atoms. The van der Waals surface area contributed by atoms with E-state index >= 15 is 0 Å². The Balaban J connectivity index is 1.23. The van der Waals surface area contributed by atoms with Crippen LogP contribution in [0.3, 0.4) is 0 Å². The van der Waals surface area contributed by atoms with Gasteiger partial charge in [0.15, 0.2) is 0 Å². The summed E-state index contributed by atoms with van der Waals surface area (Å²) >= 11 is 0. The van der Waals surface area contributed by atoms with E-state index in [1.54, 1.807) is 0 Å². The molecule has 3 heterocycles. The van der Waals surface area contributed by atoms with Crippen molar-refractivity contribution >= 4 is 17.5 Å². The molecule has 1 aromatic rings. The van der Waals surface area contributed by atoms with Gasteiger partial charge >= 0.3 is 0 Å². The maximum Gasteiger partial charge on any atom is 0.226 e. The van der Waals surface area contributed by atoms with Crippen molar-refractivity contribution in [1.29, 1.82) is 0 Å². The van der Waals surface area contributed by atoms with Crippen LogP contribution in [0.2, 0.25) is 0 Å². The third kappa shape index (κ3) is 3.53. The topological polar surface area (TPSA) is 55.9 Å². The summed E-state index contributed by atoms with van der Waals surface area (Å²) in [6.07, 6.45) is 1.08. The lowest BCUT2D eigenvalue weighted by Gasteiger charge is -2.49. The number of carbonyl (C=O) groups is 2. The Kier molecular flexibility index (Phi) is 4.80. The van der Waals surface area contributed by atoms with E-state index in [-0.39, 0.29) is 23.5 Å². The molecule has 0 saturated carbocycles. The second-order valence-corrected chi connectivity index (χ2v) is 7.44. The molecule has 0 aromatic heterocycles. The molecule has 0 aliphatic carbocycles. The van der Waals surface area contributed by atoms with Crippen molar-refractivity contribution in [1.82, 2.24) is 15.1 Å². The fourth-order valence-electron chi connectivity index (χ4n) is 4.12. The average Bonchev–Trinajstić information content (AvgIpc) is 2.62. The van der Waals surface area contributed by atoms with Gasteiger partial charge in [0.25, 0.3) is 0 Å². The first-order valence-electron chi connectivity index (χ1n) is 9.40. The van der Waals surface area contributed by atoms with Crippen LogP contribution >= 0.6 is 0 Å². The van der Waals surface area contributed by atoms with Crippen LogP contribution in [-0.2, 0) is 9.59 Å². The lowest BCUT2D eigenvalue weighted by Crippen LogP contribution is -2.65. The summed E-state index contributed by atoms with van der Waals surface area (Å²) in [7, 11) is 0. The molecule has 1 unspecified atom stereocenters. The van der Waals surface area contributed by atoms with E-state index in [2.05, 4.69) is 15.1 Å². The highest BCUT2D eigenvalue weighted by Gasteiger charge is 2.39. The molecular weight excluding hydrogens is 335 g/mol. The van der Waals surface area contributed by atoms with Crippen LogP contribution in [0.15, 0.2) is 24.3 Å². The molecule has 1 N–H and O–H groups in total. The summed E-state index contributed by atoms with van der Waals surface area (Å²) in [6, 6.07) is 7.09. The standard InChI is InChI=1S/C19H25FN4O2/c20-15-1-3-16(4-2-15)22-7-9-23(10-8-22)17-12-24(13-17)19(26)14-5-6-21-18(25)11-14/h1-4,14,17H,5-13H2,(H,21,25). The van der Waals surface area contributed by atoms with Gasteiger partial charge < -0.3 is 15.1 Å². The number of rotatable bonds is 3. The number of piperazine rings is 1. The van der Waals surface area contributed by atoms with E-state index in [0.717, 1.165) is 51.4 Å². The minimum Gasteiger partial charge on any atom is -0.369 e. The molecule has 1 aromatic carbocycles. The normalized spacial score (nSPS) is 25.0. The zero-order valence-electron chi connectivity index (χ0n) is 14.9. The van der Waals surface area contributed by atoms with Gasteiger partial charge in [0.1, 0.15) is 5.82 Å². The number of nitrogens with one attached hydrogen (secondary N) is 1. The number of hydrogen-bond acceptors (Lipinski definition) is 4. The number of amides is 2. The number of benzene rings is 1. The van der Waals surface area contributed by atoms with Crippen LogP contribution in [0.1, 0.15) is 12.8 Å². The molecule has 6 nitrogen and oxygen atoms in total. The first-order chi connectivity index (χ1) is 12.6. The van der Waals surface area contributed by atoms with Gasteiger partial charge in [-0.2, -0.15) is 0 Å². The SMILES string of the molecule is O=C1CC(C(=O)N2CC(N3CCN(c4ccc(F)cc4)CC3)C2)CCN1. The summed E-state index contributed by atoms with van der Waals surface area (Å²) in [5, 5.41) is 2.78. The van der Waals surface area contributed by atoms with Crippen molar-refractivity contribution in [3.05, 3.63) is 30.1 Å². The average molecular weight is 360 g/mol. The van der Waals surface area contributed by atoms with Gasteiger partial charge in [0, 0.05) is 69.9 Å². The van der Waals surface area contributed by atoms with Crippen molar-refractivity contribution in [2.75, 3.05) is 50.7 Å². The lowest BCUT2D eigenvalue weighted by molar-refractivity contribution is -0.146. The smallest absolute Gasteiger partial charge is 0.226 e. The second-order valence-electron chi connectivity index (χ2n) is 7.44. The van der Waals surface area contributed by atoms with Crippen molar-refractivity contribution in [2.45, 2.75) is 18.9 Å². The van der Waals surface area contributed by atoms with E-state index in [1.165, 1.54) is 12.1 Å². The number of carbonyl (C=O) groups excluding carboxylic acids is 2. The Morgan fingerprint density at radius 3 is 2.42 bits per heavy atom. The monoisotopic (exact) mass is 360 g/mol. The Hall–Kier alpha value is -2.15.